The van der Waals surface area contributed by atoms with Gasteiger partial charge in [-0.05, 0) is 36.6 Å². The lowest BCUT2D eigenvalue weighted by Gasteiger charge is -2.12. The third-order valence-corrected chi connectivity index (χ3v) is 3.19. The van der Waals surface area contributed by atoms with Gasteiger partial charge in [-0.3, -0.25) is 4.99 Å². The molecule has 1 aromatic carbocycles. The number of ether oxygens (including phenoxy) is 2. The van der Waals surface area contributed by atoms with Crippen molar-refractivity contribution < 1.29 is 13.9 Å². The van der Waals surface area contributed by atoms with Crippen molar-refractivity contribution in [2.24, 2.45) is 4.99 Å². The highest BCUT2D eigenvalue weighted by atomic mass is 127. The molecule has 0 fully saturated rings. The van der Waals surface area contributed by atoms with E-state index < -0.39 is 0 Å². The van der Waals surface area contributed by atoms with E-state index in [9.17, 15) is 4.39 Å². The molecule has 0 spiro atoms. The van der Waals surface area contributed by atoms with Gasteiger partial charge in [0.25, 0.3) is 0 Å². The van der Waals surface area contributed by atoms with Gasteiger partial charge in [-0.1, -0.05) is 6.07 Å². The van der Waals surface area contributed by atoms with Crippen molar-refractivity contribution in [1.82, 2.24) is 10.6 Å². The molecule has 0 saturated heterocycles. The Labute approximate surface area is 155 Å². The molecule has 5 nitrogen and oxygen atoms in total. The number of rotatable bonds is 9. The molecule has 0 amide bonds. The number of benzene rings is 1. The summed E-state index contributed by atoms with van der Waals surface area (Å²) in [4.78, 5) is 4.14. The van der Waals surface area contributed by atoms with Crippen LogP contribution < -0.4 is 10.6 Å². The zero-order valence-electron chi connectivity index (χ0n) is 14.0. The fourth-order valence-corrected chi connectivity index (χ4v) is 1.96. The minimum Gasteiger partial charge on any atom is -0.382 e. The highest BCUT2D eigenvalue weighted by molar-refractivity contribution is 14.0. The highest BCUT2D eigenvalue weighted by Gasteiger charge is 2.01. The van der Waals surface area contributed by atoms with Gasteiger partial charge in [0.2, 0.25) is 0 Å². The summed E-state index contributed by atoms with van der Waals surface area (Å²) in [6.45, 7) is 5.12. The summed E-state index contributed by atoms with van der Waals surface area (Å²) < 4.78 is 23.3. The van der Waals surface area contributed by atoms with Crippen molar-refractivity contribution >= 4 is 29.9 Å². The van der Waals surface area contributed by atoms with Crippen LogP contribution in [0.5, 0.6) is 0 Å². The van der Waals surface area contributed by atoms with E-state index in [1.165, 1.54) is 6.07 Å². The number of aliphatic imine (C=N–C) groups is 1. The van der Waals surface area contributed by atoms with Crippen LogP contribution in [-0.2, 0) is 15.9 Å². The maximum Gasteiger partial charge on any atom is 0.191 e. The first kappa shape index (κ1) is 22.1. The third-order valence-electron chi connectivity index (χ3n) is 3.19. The molecule has 0 aliphatic carbocycles. The molecule has 132 valence electrons. The first-order valence-corrected chi connectivity index (χ1v) is 7.43. The predicted molar refractivity (Wildman–Crippen MR) is 102 cm³/mol. The van der Waals surface area contributed by atoms with Gasteiger partial charge in [-0.25, -0.2) is 4.39 Å². The number of hydrogen-bond acceptors (Lipinski definition) is 3. The van der Waals surface area contributed by atoms with E-state index in [1.807, 2.05) is 13.0 Å². The van der Waals surface area contributed by atoms with Gasteiger partial charge in [0.1, 0.15) is 5.82 Å². The van der Waals surface area contributed by atoms with Crippen LogP contribution in [0.15, 0.2) is 23.2 Å². The Hall–Kier alpha value is -0.930. The van der Waals surface area contributed by atoms with Crippen molar-refractivity contribution in [3.63, 3.8) is 0 Å². The minimum absolute atomic E-state index is 0. The van der Waals surface area contributed by atoms with Gasteiger partial charge in [0.15, 0.2) is 5.96 Å². The van der Waals surface area contributed by atoms with Crippen LogP contribution in [0.4, 0.5) is 4.39 Å². The Morgan fingerprint density at radius 2 is 1.91 bits per heavy atom. The first-order chi connectivity index (χ1) is 10.7. The molecule has 0 heterocycles. The van der Waals surface area contributed by atoms with Gasteiger partial charge in [0.05, 0.1) is 19.8 Å². The summed E-state index contributed by atoms with van der Waals surface area (Å²) in [5.41, 5.74) is 2.10. The second-order valence-electron chi connectivity index (χ2n) is 4.85. The Balaban J connectivity index is 0.00000484. The molecule has 0 saturated carbocycles. The number of methoxy groups -OCH3 is 1. The standard InChI is InChI=1S/C16H26FN3O2.HI/c1-13-12-15(17)5-4-14(13)6-7-19-16(18-2)20-8-9-22-11-10-21-3;/h4-5,12H,6-11H2,1-3H3,(H2,18,19,20);1H. The summed E-state index contributed by atoms with van der Waals surface area (Å²) in [5, 5.41) is 6.40. The van der Waals surface area contributed by atoms with Crippen molar-refractivity contribution in [1.29, 1.82) is 0 Å². The molecular formula is C16H27FIN3O2. The Morgan fingerprint density at radius 1 is 1.17 bits per heavy atom. The summed E-state index contributed by atoms with van der Waals surface area (Å²) in [7, 11) is 3.38. The van der Waals surface area contributed by atoms with Crippen LogP contribution in [0, 0.1) is 12.7 Å². The predicted octanol–water partition coefficient (Wildman–Crippen LogP) is 2.12. The highest BCUT2D eigenvalue weighted by Crippen LogP contribution is 2.10. The van der Waals surface area contributed by atoms with Crippen LogP contribution in [0.1, 0.15) is 11.1 Å². The number of guanidine groups is 1. The van der Waals surface area contributed by atoms with Crippen LogP contribution in [-0.4, -0.2) is 53.0 Å². The summed E-state index contributed by atoms with van der Waals surface area (Å²) in [6, 6.07) is 4.87. The van der Waals surface area contributed by atoms with E-state index in [0.717, 1.165) is 30.1 Å². The molecule has 0 aliphatic heterocycles. The van der Waals surface area contributed by atoms with Gasteiger partial charge in [0, 0.05) is 27.2 Å². The third kappa shape index (κ3) is 9.72. The lowest BCUT2D eigenvalue weighted by molar-refractivity contribution is 0.0733. The maximum atomic E-state index is 13.0. The average molecular weight is 439 g/mol. The maximum absolute atomic E-state index is 13.0. The van der Waals surface area contributed by atoms with Crippen LogP contribution in [0.25, 0.3) is 0 Å². The lowest BCUT2D eigenvalue weighted by Crippen LogP contribution is -2.40. The van der Waals surface area contributed by atoms with Crippen molar-refractivity contribution in [2.45, 2.75) is 13.3 Å². The number of nitrogens with zero attached hydrogens (tertiary/aromatic N) is 1. The normalized spacial score (nSPS) is 11.0. The molecule has 7 heteroatoms. The van der Waals surface area contributed by atoms with Gasteiger partial charge >= 0.3 is 0 Å². The second kappa shape index (κ2) is 13.5. The van der Waals surface area contributed by atoms with E-state index >= 15 is 0 Å². The van der Waals surface area contributed by atoms with E-state index in [2.05, 4.69) is 15.6 Å². The fraction of sp³-hybridized carbons (Fsp3) is 0.562. The van der Waals surface area contributed by atoms with Crippen molar-refractivity contribution in [3.8, 4) is 0 Å². The molecule has 0 atom stereocenters. The Bertz CT molecular complexity index is 473. The van der Waals surface area contributed by atoms with Crippen molar-refractivity contribution in [2.75, 3.05) is 47.1 Å². The SMILES string of the molecule is CN=C(NCCOCCOC)NCCc1ccc(F)cc1C.I. The number of halogens is 2. The summed E-state index contributed by atoms with van der Waals surface area (Å²) in [5.74, 6) is 0.537. The molecule has 23 heavy (non-hydrogen) atoms. The quantitative estimate of drug-likeness (QED) is 0.268. The number of aryl methyl sites for hydroxylation is 1. The molecule has 0 bridgehead atoms. The van der Waals surface area contributed by atoms with Gasteiger partial charge in [-0.15, -0.1) is 24.0 Å². The monoisotopic (exact) mass is 439 g/mol. The van der Waals surface area contributed by atoms with E-state index in [4.69, 9.17) is 9.47 Å². The molecule has 0 radical (unpaired) electrons. The summed E-state index contributed by atoms with van der Waals surface area (Å²) in [6.07, 6.45) is 0.817. The molecule has 0 unspecified atom stereocenters. The minimum atomic E-state index is -0.194. The first-order valence-electron chi connectivity index (χ1n) is 7.43. The fourth-order valence-electron chi connectivity index (χ4n) is 1.96. The van der Waals surface area contributed by atoms with Gasteiger partial charge < -0.3 is 20.1 Å². The van der Waals surface area contributed by atoms with E-state index in [1.54, 1.807) is 20.2 Å². The smallest absolute Gasteiger partial charge is 0.191 e. The summed E-state index contributed by atoms with van der Waals surface area (Å²) >= 11 is 0. The zero-order chi connectivity index (χ0) is 16.2. The number of hydrogen-bond donors (Lipinski definition) is 2. The molecule has 1 rings (SSSR count). The molecule has 0 aliphatic rings. The molecular weight excluding hydrogens is 412 g/mol. The molecule has 0 aromatic heterocycles. The van der Waals surface area contributed by atoms with E-state index in [-0.39, 0.29) is 29.8 Å². The number of nitrogens with one attached hydrogen (secondary N) is 2. The van der Waals surface area contributed by atoms with Crippen LogP contribution in [0.3, 0.4) is 0 Å². The van der Waals surface area contributed by atoms with Crippen LogP contribution >= 0.6 is 24.0 Å². The molecule has 2 N–H and O–H groups in total. The lowest BCUT2D eigenvalue weighted by atomic mass is 10.1. The Kier molecular flexibility index (Phi) is 13.0. The molecule has 1 aromatic rings. The second-order valence-corrected chi connectivity index (χ2v) is 4.85. The topological polar surface area (TPSA) is 54.9 Å². The largest absolute Gasteiger partial charge is 0.382 e. The zero-order valence-corrected chi connectivity index (χ0v) is 16.4. The van der Waals surface area contributed by atoms with E-state index in [0.29, 0.717) is 26.4 Å². The van der Waals surface area contributed by atoms with Gasteiger partial charge in [-0.2, -0.15) is 0 Å². The average Bonchev–Trinajstić information content (AvgIpc) is 2.50. The Morgan fingerprint density at radius 3 is 2.57 bits per heavy atom. The van der Waals surface area contributed by atoms with Crippen molar-refractivity contribution in [3.05, 3.63) is 35.1 Å². The van der Waals surface area contributed by atoms with Crippen LogP contribution in [0.2, 0.25) is 0 Å².